The summed E-state index contributed by atoms with van der Waals surface area (Å²) in [5.41, 5.74) is 7.56. The fourth-order valence-corrected chi connectivity index (χ4v) is 2.26. The van der Waals surface area contributed by atoms with Crippen LogP contribution in [0.3, 0.4) is 0 Å². The van der Waals surface area contributed by atoms with Crippen LogP contribution in [0, 0.1) is 6.92 Å². The van der Waals surface area contributed by atoms with E-state index in [2.05, 4.69) is 15.9 Å². The Morgan fingerprint density at radius 3 is 2.45 bits per heavy atom. The van der Waals surface area contributed by atoms with Crippen molar-refractivity contribution in [2.45, 2.75) is 26.9 Å². The monoisotopic (exact) mass is 335 g/mol. The van der Waals surface area contributed by atoms with Crippen molar-refractivity contribution in [1.82, 2.24) is 0 Å². The molecule has 4 heteroatoms. The molecule has 0 heterocycles. The molecule has 0 saturated carbocycles. The van der Waals surface area contributed by atoms with Gasteiger partial charge in [0, 0.05) is 10.5 Å². The fraction of sp³-hybridized carbons (Fsp3) is 0.250. The summed E-state index contributed by atoms with van der Waals surface area (Å²) in [4.78, 5) is 0. The first-order valence-corrected chi connectivity index (χ1v) is 7.25. The summed E-state index contributed by atoms with van der Waals surface area (Å²) in [5.74, 6) is 2.17. The number of nitrogens with two attached hydrogens (primary N) is 1. The van der Waals surface area contributed by atoms with Gasteiger partial charge in [-0.05, 0) is 56.7 Å². The van der Waals surface area contributed by atoms with E-state index in [1.165, 1.54) is 0 Å². The first kappa shape index (κ1) is 14.7. The summed E-state index contributed by atoms with van der Waals surface area (Å²) in [7, 11) is 0. The molecule has 0 aliphatic rings. The summed E-state index contributed by atoms with van der Waals surface area (Å²) in [5, 5.41) is 0. The molecule has 0 aliphatic heterocycles. The van der Waals surface area contributed by atoms with Gasteiger partial charge in [0.25, 0.3) is 0 Å². The third-order valence-electron chi connectivity index (χ3n) is 2.71. The lowest BCUT2D eigenvalue weighted by Gasteiger charge is -2.14. The average Bonchev–Trinajstić information content (AvgIpc) is 2.36. The molecule has 0 bridgehead atoms. The summed E-state index contributed by atoms with van der Waals surface area (Å²) < 4.78 is 12.6. The molecule has 0 atom stereocenters. The molecular formula is C16H18BrNO2. The highest BCUT2D eigenvalue weighted by Gasteiger charge is 2.07. The van der Waals surface area contributed by atoms with Crippen LogP contribution in [-0.4, -0.2) is 6.10 Å². The van der Waals surface area contributed by atoms with Crippen LogP contribution in [0.15, 0.2) is 40.9 Å². The molecule has 2 aromatic rings. The maximum absolute atomic E-state index is 5.89. The molecule has 0 saturated heterocycles. The molecule has 2 N–H and O–H groups in total. The van der Waals surface area contributed by atoms with Gasteiger partial charge >= 0.3 is 0 Å². The van der Waals surface area contributed by atoms with Gasteiger partial charge in [0.2, 0.25) is 0 Å². The molecular weight excluding hydrogens is 318 g/mol. The minimum absolute atomic E-state index is 0.0713. The van der Waals surface area contributed by atoms with Crippen molar-refractivity contribution < 1.29 is 9.47 Å². The van der Waals surface area contributed by atoms with Gasteiger partial charge in [0.15, 0.2) is 0 Å². The molecule has 20 heavy (non-hydrogen) atoms. The molecule has 3 nitrogen and oxygen atoms in total. The highest BCUT2D eigenvalue weighted by Crippen LogP contribution is 2.32. The molecule has 106 valence electrons. The number of rotatable bonds is 4. The van der Waals surface area contributed by atoms with E-state index in [4.69, 9.17) is 15.2 Å². The maximum atomic E-state index is 5.89. The lowest BCUT2D eigenvalue weighted by Crippen LogP contribution is -2.07. The molecule has 0 spiro atoms. The van der Waals surface area contributed by atoms with Crippen LogP contribution in [0.1, 0.15) is 19.4 Å². The van der Waals surface area contributed by atoms with E-state index >= 15 is 0 Å². The number of anilines is 1. The second kappa shape index (κ2) is 6.18. The lowest BCUT2D eigenvalue weighted by molar-refractivity contribution is 0.243. The maximum Gasteiger partial charge on any atom is 0.146 e. The van der Waals surface area contributed by atoms with Crippen LogP contribution in [0.5, 0.6) is 17.2 Å². The van der Waals surface area contributed by atoms with Gasteiger partial charge in [-0.3, -0.25) is 0 Å². The van der Waals surface area contributed by atoms with Crippen molar-refractivity contribution in [2.24, 2.45) is 0 Å². The highest BCUT2D eigenvalue weighted by molar-refractivity contribution is 9.10. The van der Waals surface area contributed by atoms with Gasteiger partial charge in [0.05, 0.1) is 11.8 Å². The Balaban J connectivity index is 2.25. The van der Waals surface area contributed by atoms with Crippen molar-refractivity contribution in [3.63, 3.8) is 0 Å². The molecule has 0 fully saturated rings. The Morgan fingerprint density at radius 1 is 1.05 bits per heavy atom. The predicted octanol–water partition coefficient (Wildman–Crippen LogP) is 4.92. The van der Waals surface area contributed by atoms with E-state index in [0.29, 0.717) is 17.2 Å². The third-order valence-corrected chi connectivity index (χ3v) is 3.21. The van der Waals surface area contributed by atoms with Gasteiger partial charge in [-0.2, -0.15) is 0 Å². The number of nitrogen functional groups attached to an aromatic ring is 1. The Hall–Kier alpha value is -1.68. The second-order valence-corrected chi connectivity index (χ2v) is 5.79. The highest BCUT2D eigenvalue weighted by atomic mass is 79.9. The number of ether oxygens (including phenoxy) is 2. The van der Waals surface area contributed by atoms with Crippen LogP contribution in [0.4, 0.5) is 5.69 Å². The van der Waals surface area contributed by atoms with Crippen molar-refractivity contribution >= 4 is 21.6 Å². The summed E-state index contributed by atoms with van der Waals surface area (Å²) >= 11 is 3.44. The Labute approximate surface area is 127 Å². The van der Waals surface area contributed by atoms with Gasteiger partial charge in [-0.1, -0.05) is 15.9 Å². The van der Waals surface area contributed by atoms with E-state index < -0.39 is 0 Å². The van der Waals surface area contributed by atoms with Gasteiger partial charge in [-0.15, -0.1) is 0 Å². The number of hydrogen-bond acceptors (Lipinski definition) is 3. The summed E-state index contributed by atoms with van der Waals surface area (Å²) in [6, 6.07) is 11.3. The van der Waals surface area contributed by atoms with Gasteiger partial charge < -0.3 is 15.2 Å². The Bertz CT molecular complexity index is 611. The molecule has 0 amide bonds. The second-order valence-electron chi connectivity index (χ2n) is 4.88. The number of benzene rings is 2. The predicted molar refractivity (Wildman–Crippen MR) is 85.6 cm³/mol. The smallest absolute Gasteiger partial charge is 0.146 e. The molecule has 0 radical (unpaired) electrons. The topological polar surface area (TPSA) is 44.5 Å². The first-order valence-electron chi connectivity index (χ1n) is 6.46. The van der Waals surface area contributed by atoms with Crippen LogP contribution in [-0.2, 0) is 0 Å². The standard InChI is InChI=1S/C16H18BrNO2/c1-10(2)19-16-9-13(5-6-14(16)18)20-15-7-4-12(17)8-11(15)3/h4-10H,18H2,1-3H3. The third kappa shape index (κ3) is 3.67. The molecule has 0 aromatic heterocycles. The van der Waals surface area contributed by atoms with Crippen molar-refractivity contribution in [3.05, 3.63) is 46.4 Å². The number of aryl methyl sites for hydroxylation is 1. The Kier molecular flexibility index (Phi) is 4.55. The normalized spacial score (nSPS) is 10.7. The van der Waals surface area contributed by atoms with Crippen LogP contribution < -0.4 is 15.2 Å². The summed E-state index contributed by atoms with van der Waals surface area (Å²) in [6.07, 6.45) is 0.0713. The van der Waals surface area contributed by atoms with Gasteiger partial charge in [-0.25, -0.2) is 0 Å². The SMILES string of the molecule is Cc1cc(Br)ccc1Oc1ccc(N)c(OC(C)C)c1. The quantitative estimate of drug-likeness (QED) is 0.806. The molecule has 0 unspecified atom stereocenters. The zero-order valence-corrected chi connectivity index (χ0v) is 13.4. The van der Waals surface area contributed by atoms with Crippen LogP contribution in [0.2, 0.25) is 0 Å². The fourth-order valence-electron chi connectivity index (χ4n) is 1.79. The molecule has 0 aliphatic carbocycles. The minimum atomic E-state index is 0.0713. The number of hydrogen-bond donors (Lipinski definition) is 1. The number of halogens is 1. The van der Waals surface area contributed by atoms with Crippen molar-refractivity contribution in [3.8, 4) is 17.2 Å². The lowest BCUT2D eigenvalue weighted by atomic mass is 10.2. The van der Waals surface area contributed by atoms with Crippen LogP contribution >= 0.6 is 15.9 Å². The average molecular weight is 336 g/mol. The van der Waals surface area contributed by atoms with E-state index in [0.717, 1.165) is 15.8 Å². The molecule has 2 rings (SSSR count). The van der Waals surface area contributed by atoms with Gasteiger partial charge in [0.1, 0.15) is 17.2 Å². The van der Waals surface area contributed by atoms with Crippen LogP contribution in [0.25, 0.3) is 0 Å². The van der Waals surface area contributed by atoms with E-state index in [1.807, 2.05) is 51.1 Å². The largest absolute Gasteiger partial charge is 0.489 e. The zero-order chi connectivity index (χ0) is 14.7. The summed E-state index contributed by atoms with van der Waals surface area (Å²) in [6.45, 7) is 5.93. The zero-order valence-electron chi connectivity index (χ0n) is 11.8. The van der Waals surface area contributed by atoms with E-state index in [-0.39, 0.29) is 6.10 Å². The van der Waals surface area contributed by atoms with E-state index in [9.17, 15) is 0 Å². The molecule has 2 aromatic carbocycles. The van der Waals surface area contributed by atoms with Crippen molar-refractivity contribution in [1.29, 1.82) is 0 Å². The minimum Gasteiger partial charge on any atom is -0.489 e. The first-order chi connectivity index (χ1) is 9.45. The Morgan fingerprint density at radius 2 is 1.80 bits per heavy atom. The van der Waals surface area contributed by atoms with Crippen molar-refractivity contribution in [2.75, 3.05) is 5.73 Å². The van der Waals surface area contributed by atoms with E-state index in [1.54, 1.807) is 6.07 Å².